The van der Waals surface area contributed by atoms with Crippen LogP contribution in [0.1, 0.15) is 5.56 Å². The second kappa shape index (κ2) is 4.04. The van der Waals surface area contributed by atoms with Crippen molar-refractivity contribution in [3.63, 3.8) is 0 Å². The summed E-state index contributed by atoms with van der Waals surface area (Å²) in [6.07, 6.45) is 2.81. The molecule has 4 heteroatoms. The third-order valence-corrected chi connectivity index (χ3v) is 2.09. The van der Waals surface area contributed by atoms with Gasteiger partial charge in [0.05, 0.1) is 12.9 Å². The molecule has 0 spiro atoms. The fourth-order valence-corrected chi connectivity index (χ4v) is 1.31. The second-order valence-electron chi connectivity index (χ2n) is 3.14. The lowest BCUT2D eigenvalue weighted by atomic mass is 10.2. The SMILES string of the molecule is O=c1ccncn1Cc1ccccc1F. The molecule has 1 aromatic heterocycles. The largest absolute Gasteiger partial charge is 0.295 e. The van der Waals surface area contributed by atoms with Crippen molar-refractivity contribution in [1.29, 1.82) is 0 Å². The molecular formula is C11H9FN2O. The molecule has 0 bridgehead atoms. The Labute approximate surface area is 85.8 Å². The molecule has 0 saturated carbocycles. The van der Waals surface area contributed by atoms with Crippen LogP contribution in [-0.2, 0) is 6.54 Å². The number of hydrogen-bond acceptors (Lipinski definition) is 2. The van der Waals surface area contributed by atoms with Crippen LogP contribution < -0.4 is 5.56 Å². The molecule has 0 unspecified atom stereocenters. The van der Waals surface area contributed by atoms with Crippen molar-refractivity contribution in [3.8, 4) is 0 Å². The van der Waals surface area contributed by atoms with Gasteiger partial charge in [-0.3, -0.25) is 9.36 Å². The van der Waals surface area contributed by atoms with E-state index >= 15 is 0 Å². The normalized spacial score (nSPS) is 10.2. The van der Waals surface area contributed by atoms with Crippen LogP contribution in [0.4, 0.5) is 4.39 Å². The first-order valence-electron chi connectivity index (χ1n) is 4.51. The number of rotatable bonds is 2. The first-order valence-corrected chi connectivity index (χ1v) is 4.51. The van der Waals surface area contributed by atoms with Gasteiger partial charge in [0.2, 0.25) is 0 Å². The van der Waals surface area contributed by atoms with Crippen LogP contribution >= 0.6 is 0 Å². The molecule has 2 rings (SSSR count). The van der Waals surface area contributed by atoms with Crippen molar-refractivity contribution >= 4 is 0 Å². The highest BCUT2D eigenvalue weighted by Crippen LogP contribution is 2.06. The second-order valence-corrected chi connectivity index (χ2v) is 3.14. The first-order chi connectivity index (χ1) is 7.27. The van der Waals surface area contributed by atoms with Crippen molar-refractivity contribution in [1.82, 2.24) is 9.55 Å². The molecule has 0 N–H and O–H groups in total. The summed E-state index contributed by atoms with van der Waals surface area (Å²) < 4.78 is 14.6. The summed E-state index contributed by atoms with van der Waals surface area (Å²) in [7, 11) is 0. The fourth-order valence-electron chi connectivity index (χ4n) is 1.31. The van der Waals surface area contributed by atoms with Gasteiger partial charge in [-0.15, -0.1) is 0 Å². The lowest BCUT2D eigenvalue weighted by Gasteiger charge is -2.04. The average molecular weight is 204 g/mol. The average Bonchev–Trinajstić information content (AvgIpc) is 2.24. The topological polar surface area (TPSA) is 34.9 Å². The number of benzene rings is 1. The number of hydrogen-bond donors (Lipinski definition) is 0. The van der Waals surface area contributed by atoms with E-state index in [-0.39, 0.29) is 17.9 Å². The molecule has 15 heavy (non-hydrogen) atoms. The molecule has 0 atom stereocenters. The van der Waals surface area contributed by atoms with E-state index in [0.29, 0.717) is 5.56 Å². The van der Waals surface area contributed by atoms with Crippen molar-refractivity contribution in [3.05, 3.63) is 64.6 Å². The van der Waals surface area contributed by atoms with E-state index in [1.165, 1.54) is 29.2 Å². The Balaban J connectivity index is 2.34. The summed E-state index contributed by atoms with van der Waals surface area (Å²) in [5.74, 6) is -0.312. The minimum absolute atomic E-state index is 0.187. The smallest absolute Gasteiger partial charge is 0.253 e. The minimum atomic E-state index is -0.312. The first kappa shape index (κ1) is 9.58. The number of nitrogens with zero attached hydrogens (tertiary/aromatic N) is 2. The summed E-state index contributed by atoms with van der Waals surface area (Å²) in [6.45, 7) is 0.208. The number of halogens is 1. The molecule has 0 saturated heterocycles. The van der Waals surface area contributed by atoms with E-state index in [1.54, 1.807) is 18.2 Å². The Kier molecular flexibility index (Phi) is 2.58. The molecule has 0 aliphatic heterocycles. The van der Waals surface area contributed by atoms with Crippen LogP contribution in [0.5, 0.6) is 0 Å². The zero-order valence-electron chi connectivity index (χ0n) is 7.93. The van der Waals surface area contributed by atoms with Crippen LogP contribution in [-0.4, -0.2) is 9.55 Å². The molecule has 0 fully saturated rings. The van der Waals surface area contributed by atoms with Gasteiger partial charge in [-0.25, -0.2) is 9.37 Å². The van der Waals surface area contributed by atoms with E-state index in [0.717, 1.165) is 0 Å². The quantitative estimate of drug-likeness (QED) is 0.741. The van der Waals surface area contributed by atoms with Crippen LogP contribution in [0.3, 0.4) is 0 Å². The molecule has 1 heterocycles. The highest BCUT2D eigenvalue weighted by molar-refractivity contribution is 5.17. The van der Waals surface area contributed by atoms with E-state index in [2.05, 4.69) is 4.98 Å². The Hall–Kier alpha value is -1.97. The molecule has 2 aromatic rings. The minimum Gasteiger partial charge on any atom is -0.295 e. The molecule has 3 nitrogen and oxygen atoms in total. The molecule has 0 aliphatic rings. The highest BCUT2D eigenvalue weighted by Gasteiger charge is 2.02. The predicted octanol–water partition coefficient (Wildman–Crippen LogP) is 1.43. The third-order valence-electron chi connectivity index (χ3n) is 2.09. The molecule has 0 aliphatic carbocycles. The number of aromatic nitrogens is 2. The van der Waals surface area contributed by atoms with Gasteiger partial charge in [0.15, 0.2) is 0 Å². The lowest BCUT2D eigenvalue weighted by Crippen LogP contribution is -2.19. The Morgan fingerprint density at radius 2 is 2.07 bits per heavy atom. The highest BCUT2D eigenvalue weighted by atomic mass is 19.1. The fraction of sp³-hybridized carbons (Fsp3) is 0.0909. The van der Waals surface area contributed by atoms with Gasteiger partial charge in [-0.1, -0.05) is 18.2 Å². The van der Waals surface area contributed by atoms with Crippen LogP contribution in [0.25, 0.3) is 0 Å². The predicted molar refractivity (Wildman–Crippen MR) is 54.0 cm³/mol. The summed E-state index contributed by atoms with van der Waals surface area (Å²) in [4.78, 5) is 15.1. The maximum atomic E-state index is 13.3. The molecule has 0 radical (unpaired) electrons. The Bertz CT molecular complexity index is 522. The van der Waals surface area contributed by atoms with E-state index < -0.39 is 0 Å². The van der Waals surface area contributed by atoms with Crippen molar-refractivity contribution in [2.45, 2.75) is 6.54 Å². The van der Waals surface area contributed by atoms with Gasteiger partial charge < -0.3 is 0 Å². The lowest BCUT2D eigenvalue weighted by molar-refractivity contribution is 0.594. The van der Waals surface area contributed by atoms with Gasteiger partial charge in [-0.2, -0.15) is 0 Å². The zero-order chi connectivity index (χ0) is 10.7. The molecule has 76 valence electrons. The summed E-state index contributed by atoms with van der Waals surface area (Å²) in [5, 5.41) is 0. The summed E-state index contributed by atoms with van der Waals surface area (Å²) in [6, 6.07) is 7.72. The Morgan fingerprint density at radius 1 is 1.27 bits per heavy atom. The van der Waals surface area contributed by atoms with Gasteiger partial charge in [0.25, 0.3) is 5.56 Å². The third kappa shape index (κ3) is 2.10. The maximum Gasteiger partial charge on any atom is 0.253 e. The van der Waals surface area contributed by atoms with Gasteiger partial charge >= 0.3 is 0 Å². The summed E-state index contributed by atoms with van der Waals surface area (Å²) >= 11 is 0. The Morgan fingerprint density at radius 3 is 2.80 bits per heavy atom. The molecular weight excluding hydrogens is 195 g/mol. The van der Waals surface area contributed by atoms with Gasteiger partial charge in [0, 0.05) is 17.8 Å². The van der Waals surface area contributed by atoms with Crippen molar-refractivity contribution in [2.24, 2.45) is 0 Å². The molecule has 1 aromatic carbocycles. The standard InChI is InChI=1S/C11H9FN2O/c12-10-4-2-1-3-9(10)7-14-8-13-6-5-11(14)15/h1-6,8H,7H2. The monoisotopic (exact) mass is 204 g/mol. The van der Waals surface area contributed by atoms with Gasteiger partial charge in [0.1, 0.15) is 5.82 Å². The van der Waals surface area contributed by atoms with Crippen LogP contribution in [0.2, 0.25) is 0 Å². The summed E-state index contributed by atoms with van der Waals surface area (Å²) in [5.41, 5.74) is 0.292. The van der Waals surface area contributed by atoms with E-state index in [1.807, 2.05) is 0 Å². The van der Waals surface area contributed by atoms with E-state index in [4.69, 9.17) is 0 Å². The maximum absolute atomic E-state index is 13.3. The van der Waals surface area contributed by atoms with Crippen molar-refractivity contribution < 1.29 is 4.39 Å². The zero-order valence-corrected chi connectivity index (χ0v) is 7.93. The van der Waals surface area contributed by atoms with Crippen molar-refractivity contribution in [2.75, 3.05) is 0 Å². The van der Waals surface area contributed by atoms with Gasteiger partial charge in [-0.05, 0) is 6.07 Å². The van der Waals surface area contributed by atoms with Crippen LogP contribution in [0.15, 0.2) is 47.7 Å². The van der Waals surface area contributed by atoms with Crippen LogP contribution in [0, 0.1) is 5.82 Å². The molecule has 0 amide bonds. The van der Waals surface area contributed by atoms with E-state index in [9.17, 15) is 9.18 Å².